The highest BCUT2D eigenvalue weighted by Gasteiger charge is 2.21. The molecule has 1 unspecified atom stereocenters. The minimum absolute atomic E-state index is 0.0302. The van der Waals surface area contributed by atoms with Gasteiger partial charge in [0, 0.05) is 29.3 Å². The van der Waals surface area contributed by atoms with Gasteiger partial charge < -0.3 is 4.74 Å². The van der Waals surface area contributed by atoms with Crippen LogP contribution in [0.25, 0.3) is 0 Å². The van der Waals surface area contributed by atoms with Gasteiger partial charge in [0.25, 0.3) is 5.91 Å². The minimum atomic E-state index is -3.74. The van der Waals surface area contributed by atoms with E-state index in [4.69, 9.17) is 4.74 Å². The van der Waals surface area contributed by atoms with Gasteiger partial charge in [0.1, 0.15) is 0 Å². The number of nitrogens with zero attached hydrogens (tertiary/aromatic N) is 2. The Morgan fingerprint density at radius 2 is 2.16 bits per heavy atom. The maximum atomic E-state index is 12.6. The first-order valence-electron chi connectivity index (χ1n) is 9.51. The van der Waals surface area contributed by atoms with Crippen LogP contribution in [0.1, 0.15) is 28.1 Å². The zero-order chi connectivity index (χ0) is 21.7. The van der Waals surface area contributed by atoms with Crippen molar-refractivity contribution < 1.29 is 17.9 Å². The Kier molecular flexibility index (Phi) is 7.35. The lowest BCUT2D eigenvalue weighted by atomic mass is 10.2. The normalized spacial score (nSPS) is 16.5. The van der Waals surface area contributed by atoms with Crippen molar-refractivity contribution >= 4 is 55.5 Å². The average molecular weight is 497 g/mol. The van der Waals surface area contributed by atoms with Crippen LogP contribution < -0.4 is 10.0 Å². The molecule has 2 N–H and O–H groups in total. The zero-order valence-corrected chi connectivity index (χ0v) is 19.6. The zero-order valence-electron chi connectivity index (χ0n) is 16.3. The topological polar surface area (TPSA) is 110 Å². The van der Waals surface area contributed by atoms with Crippen LogP contribution in [0.4, 0.5) is 5.13 Å². The molecule has 1 fully saturated rings. The Balaban J connectivity index is 1.36. The first-order valence-corrected chi connectivity index (χ1v) is 13.7. The number of nitrogens with one attached hydrogen (secondary N) is 2. The van der Waals surface area contributed by atoms with Crippen molar-refractivity contribution in [3.8, 4) is 0 Å². The van der Waals surface area contributed by atoms with Gasteiger partial charge in [0.15, 0.2) is 4.34 Å². The molecule has 3 heterocycles. The van der Waals surface area contributed by atoms with Gasteiger partial charge in [-0.3, -0.25) is 10.1 Å². The van der Waals surface area contributed by atoms with Crippen molar-refractivity contribution in [1.82, 2.24) is 14.9 Å². The number of rotatable bonds is 9. The molecule has 8 nitrogen and oxygen atoms in total. The van der Waals surface area contributed by atoms with E-state index in [-0.39, 0.29) is 23.1 Å². The van der Waals surface area contributed by atoms with Crippen LogP contribution >= 0.6 is 34.4 Å². The molecule has 1 saturated heterocycles. The van der Waals surface area contributed by atoms with Gasteiger partial charge >= 0.3 is 0 Å². The molecule has 1 aliphatic heterocycles. The number of hydrogen-bond acceptors (Lipinski definition) is 9. The maximum absolute atomic E-state index is 12.6. The van der Waals surface area contributed by atoms with Crippen LogP contribution in [-0.4, -0.2) is 43.8 Å². The van der Waals surface area contributed by atoms with Crippen LogP contribution in [0.5, 0.6) is 0 Å². The molecule has 1 aliphatic rings. The molecular formula is C19H20N4O4S4. The van der Waals surface area contributed by atoms with Gasteiger partial charge in [-0.1, -0.05) is 35.2 Å². The number of hydrogen-bond donors (Lipinski definition) is 2. The highest BCUT2D eigenvalue weighted by atomic mass is 32.2. The average Bonchev–Trinajstić information content (AvgIpc) is 3.54. The van der Waals surface area contributed by atoms with Crippen LogP contribution in [-0.2, 0) is 20.5 Å². The van der Waals surface area contributed by atoms with Gasteiger partial charge in [0.2, 0.25) is 15.2 Å². The second-order valence-electron chi connectivity index (χ2n) is 6.71. The van der Waals surface area contributed by atoms with E-state index in [1.807, 2.05) is 11.4 Å². The first-order chi connectivity index (χ1) is 15.0. The smallest absolute Gasteiger partial charge is 0.257 e. The molecule has 2 aromatic heterocycles. The lowest BCUT2D eigenvalue weighted by molar-refractivity contribution is 0.102. The predicted molar refractivity (Wildman–Crippen MR) is 122 cm³/mol. The molecule has 3 aromatic rings. The number of thioether (sulfide) groups is 1. The minimum Gasteiger partial charge on any atom is -0.377 e. The van der Waals surface area contributed by atoms with Crippen molar-refractivity contribution in [2.75, 3.05) is 18.5 Å². The van der Waals surface area contributed by atoms with Gasteiger partial charge in [-0.15, -0.1) is 21.5 Å². The molecule has 1 amide bonds. The fourth-order valence-electron chi connectivity index (χ4n) is 2.91. The standard InChI is InChI=1S/C19H20N4O4S4/c24-17(21-18-22-23-19(30-18)29-12-15-6-3-9-28-15)13-4-1-7-16(10-13)31(25,26)20-11-14-5-2-8-27-14/h1,3-4,6-7,9-10,14,20H,2,5,8,11-12H2,(H,21,22,24). The van der Waals surface area contributed by atoms with Crippen LogP contribution in [0.15, 0.2) is 51.0 Å². The largest absolute Gasteiger partial charge is 0.377 e. The number of sulfonamides is 1. The van der Waals surface area contributed by atoms with Crippen molar-refractivity contribution in [3.63, 3.8) is 0 Å². The summed E-state index contributed by atoms with van der Waals surface area (Å²) in [6, 6.07) is 9.95. The number of thiophene rings is 1. The number of amides is 1. The quantitative estimate of drug-likeness (QED) is 0.344. The van der Waals surface area contributed by atoms with E-state index in [0.29, 0.717) is 11.7 Å². The predicted octanol–water partition coefficient (Wildman–Crippen LogP) is 3.60. The van der Waals surface area contributed by atoms with Crippen molar-refractivity contribution in [2.45, 2.75) is 33.9 Å². The fourth-order valence-corrected chi connectivity index (χ4v) is 6.54. The summed E-state index contributed by atoms with van der Waals surface area (Å²) in [7, 11) is -3.74. The molecule has 0 spiro atoms. The highest BCUT2D eigenvalue weighted by Crippen LogP contribution is 2.29. The fraction of sp³-hybridized carbons (Fsp3) is 0.316. The number of carbonyl (C=O) groups excluding carboxylic acids is 1. The molecule has 4 rings (SSSR count). The third-order valence-electron chi connectivity index (χ3n) is 4.48. The molecule has 0 radical (unpaired) electrons. The molecule has 0 aliphatic carbocycles. The van der Waals surface area contributed by atoms with Gasteiger partial charge in [-0.25, -0.2) is 13.1 Å². The Labute approximate surface area is 192 Å². The van der Waals surface area contributed by atoms with Crippen molar-refractivity contribution in [1.29, 1.82) is 0 Å². The van der Waals surface area contributed by atoms with E-state index in [2.05, 4.69) is 26.3 Å². The Hall–Kier alpha value is -1.83. The summed E-state index contributed by atoms with van der Waals surface area (Å²) >= 11 is 4.50. The molecule has 0 bridgehead atoms. The van der Waals surface area contributed by atoms with Gasteiger partial charge in [0.05, 0.1) is 11.0 Å². The second-order valence-corrected chi connectivity index (χ2v) is 11.7. The molecule has 164 valence electrons. The molecule has 1 aromatic carbocycles. The van der Waals surface area contributed by atoms with E-state index in [0.717, 1.165) is 22.9 Å². The summed E-state index contributed by atoms with van der Waals surface area (Å²) in [5.74, 6) is 0.348. The summed E-state index contributed by atoms with van der Waals surface area (Å²) in [5, 5.41) is 13.2. The number of anilines is 1. The molecular weight excluding hydrogens is 477 g/mol. The number of carbonyl (C=O) groups is 1. The lowest BCUT2D eigenvalue weighted by Gasteiger charge is -2.12. The summed E-state index contributed by atoms with van der Waals surface area (Å²) in [5.41, 5.74) is 0.225. The van der Waals surface area contributed by atoms with E-state index in [1.54, 1.807) is 29.2 Å². The number of ether oxygens (including phenoxy) is 1. The molecule has 31 heavy (non-hydrogen) atoms. The van der Waals surface area contributed by atoms with Gasteiger partial charge in [-0.2, -0.15) is 0 Å². The molecule has 12 heteroatoms. The van der Waals surface area contributed by atoms with Crippen LogP contribution in [0.2, 0.25) is 0 Å². The van der Waals surface area contributed by atoms with E-state index in [9.17, 15) is 13.2 Å². The number of aromatic nitrogens is 2. The summed E-state index contributed by atoms with van der Waals surface area (Å²) in [6.07, 6.45) is 1.66. The van der Waals surface area contributed by atoms with E-state index in [1.165, 1.54) is 34.4 Å². The van der Waals surface area contributed by atoms with Crippen molar-refractivity contribution in [3.05, 3.63) is 52.2 Å². The Morgan fingerprint density at radius 3 is 2.94 bits per heavy atom. The molecule has 1 atom stereocenters. The lowest BCUT2D eigenvalue weighted by Crippen LogP contribution is -2.32. The number of benzene rings is 1. The maximum Gasteiger partial charge on any atom is 0.257 e. The molecule has 0 saturated carbocycles. The van der Waals surface area contributed by atoms with E-state index >= 15 is 0 Å². The first kappa shape index (κ1) is 22.4. The van der Waals surface area contributed by atoms with E-state index < -0.39 is 15.9 Å². The van der Waals surface area contributed by atoms with Crippen molar-refractivity contribution in [2.24, 2.45) is 0 Å². The Bertz CT molecular complexity index is 1130. The van der Waals surface area contributed by atoms with Crippen LogP contribution in [0, 0.1) is 0 Å². The highest BCUT2D eigenvalue weighted by molar-refractivity contribution is 8.00. The third-order valence-corrected chi connectivity index (χ3v) is 8.98. The second kappa shape index (κ2) is 10.2. The van der Waals surface area contributed by atoms with Crippen LogP contribution in [0.3, 0.4) is 0 Å². The summed E-state index contributed by atoms with van der Waals surface area (Å²) in [6.45, 7) is 0.872. The summed E-state index contributed by atoms with van der Waals surface area (Å²) < 4.78 is 33.9. The van der Waals surface area contributed by atoms with Gasteiger partial charge in [-0.05, 0) is 42.5 Å². The SMILES string of the molecule is O=C(Nc1nnc(SCc2cccs2)s1)c1cccc(S(=O)(=O)NCC2CCCO2)c1. The summed E-state index contributed by atoms with van der Waals surface area (Å²) in [4.78, 5) is 13.9. The third kappa shape index (κ3) is 6.11. The monoisotopic (exact) mass is 496 g/mol. The Morgan fingerprint density at radius 1 is 1.26 bits per heavy atom.